The van der Waals surface area contributed by atoms with Crippen molar-refractivity contribution in [1.82, 2.24) is 0 Å². The lowest BCUT2D eigenvalue weighted by atomic mass is 10.1. The van der Waals surface area contributed by atoms with Crippen molar-refractivity contribution in [2.24, 2.45) is 4.99 Å². The topological polar surface area (TPSA) is 21.6 Å². The van der Waals surface area contributed by atoms with Crippen LogP contribution in [-0.4, -0.2) is 18.0 Å². The zero-order valence-corrected chi connectivity index (χ0v) is 9.05. The largest absolute Gasteiger partial charge is 0.475 e. The molecule has 0 aromatic rings. The first-order valence-electron chi connectivity index (χ1n) is 5.55. The Morgan fingerprint density at radius 2 is 2.00 bits per heavy atom. The van der Waals surface area contributed by atoms with Gasteiger partial charge >= 0.3 is 0 Å². The number of aliphatic imine (C=N–C) groups is 1. The van der Waals surface area contributed by atoms with Gasteiger partial charge in [-0.2, -0.15) is 0 Å². The first-order valence-corrected chi connectivity index (χ1v) is 5.55. The van der Waals surface area contributed by atoms with Crippen LogP contribution in [0.25, 0.3) is 0 Å². The average Bonchev–Trinajstić information content (AvgIpc) is 2.57. The Hall–Kier alpha value is -0.530. The normalized spacial score (nSPS) is 27.2. The predicted octanol–water partition coefficient (Wildman–Crippen LogP) is 3.16. The quantitative estimate of drug-likeness (QED) is 0.641. The van der Waals surface area contributed by atoms with Gasteiger partial charge in [-0.05, 0) is 19.3 Å². The van der Waals surface area contributed by atoms with Crippen molar-refractivity contribution in [3.8, 4) is 0 Å². The maximum atomic E-state index is 5.77. The van der Waals surface area contributed by atoms with E-state index in [1.54, 1.807) is 0 Å². The first-order chi connectivity index (χ1) is 6.31. The molecule has 0 aliphatic carbocycles. The Labute approximate surface area is 81.4 Å². The highest BCUT2D eigenvalue weighted by molar-refractivity contribution is 5.78. The lowest BCUT2D eigenvalue weighted by Crippen LogP contribution is -2.20. The minimum atomic E-state index is 0.358. The second kappa shape index (κ2) is 5.25. The number of rotatable bonds is 5. The van der Waals surface area contributed by atoms with Crippen LogP contribution in [0.4, 0.5) is 0 Å². The molecule has 2 unspecified atom stereocenters. The monoisotopic (exact) mass is 183 g/mol. The van der Waals surface area contributed by atoms with E-state index in [1.165, 1.54) is 12.8 Å². The van der Waals surface area contributed by atoms with Gasteiger partial charge in [0.15, 0.2) is 5.90 Å². The molecule has 1 aliphatic rings. The fraction of sp³-hybridized carbons (Fsp3) is 0.909. The molecule has 0 spiro atoms. The maximum Gasteiger partial charge on any atom is 0.184 e. The lowest BCUT2D eigenvalue weighted by molar-refractivity contribution is 0.180. The molecule has 2 atom stereocenters. The van der Waals surface area contributed by atoms with Crippen LogP contribution < -0.4 is 0 Å². The fourth-order valence-corrected chi connectivity index (χ4v) is 1.71. The molecule has 0 radical (unpaired) electrons. The van der Waals surface area contributed by atoms with Crippen LogP contribution in [-0.2, 0) is 4.74 Å². The molecule has 13 heavy (non-hydrogen) atoms. The zero-order valence-electron chi connectivity index (χ0n) is 9.05. The molecule has 0 aromatic carbocycles. The molecular weight excluding hydrogens is 162 g/mol. The lowest BCUT2D eigenvalue weighted by Gasteiger charge is -2.13. The minimum absolute atomic E-state index is 0.358. The van der Waals surface area contributed by atoms with Gasteiger partial charge in [-0.3, -0.25) is 0 Å². The number of ether oxygens (including phenoxy) is 1. The highest BCUT2D eigenvalue weighted by Gasteiger charge is 2.27. The summed E-state index contributed by atoms with van der Waals surface area (Å²) in [6.07, 6.45) is 5.99. The Morgan fingerprint density at radius 3 is 2.46 bits per heavy atom. The van der Waals surface area contributed by atoms with E-state index in [0.717, 1.165) is 25.2 Å². The molecule has 1 aliphatic heterocycles. The molecule has 2 nitrogen and oxygen atoms in total. The molecule has 0 aromatic heterocycles. The van der Waals surface area contributed by atoms with Crippen LogP contribution >= 0.6 is 0 Å². The third-order valence-corrected chi connectivity index (χ3v) is 2.59. The van der Waals surface area contributed by atoms with Gasteiger partial charge < -0.3 is 4.74 Å². The summed E-state index contributed by atoms with van der Waals surface area (Å²) in [5, 5.41) is 0. The van der Waals surface area contributed by atoms with E-state index in [1.807, 2.05) is 0 Å². The summed E-state index contributed by atoms with van der Waals surface area (Å²) in [7, 11) is 0. The zero-order chi connectivity index (χ0) is 9.68. The summed E-state index contributed by atoms with van der Waals surface area (Å²) < 4.78 is 5.77. The minimum Gasteiger partial charge on any atom is -0.475 e. The van der Waals surface area contributed by atoms with Crippen molar-refractivity contribution in [3.05, 3.63) is 0 Å². The van der Waals surface area contributed by atoms with Crippen LogP contribution in [0.3, 0.4) is 0 Å². The van der Waals surface area contributed by atoms with Gasteiger partial charge in [-0.15, -0.1) is 0 Å². The highest BCUT2D eigenvalue weighted by Crippen LogP contribution is 2.21. The van der Waals surface area contributed by atoms with Gasteiger partial charge in [0.25, 0.3) is 0 Å². The number of nitrogens with zero attached hydrogens (tertiary/aromatic N) is 1. The van der Waals surface area contributed by atoms with Crippen LogP contribution in [0.1, 0.15) is 52.9 Å². The van der Waals surface area contributed by atoms with Gasteiger partial charge in [0.05, 0.1) is 6.04 Å². The molecule has 1 heterocycles. The molecule has 0 saturated carbocycles. The van der Waals surface area contributed by atoms with Gasteiger partial charge in [-0.1, -0.05) is 27.2 Å². The van der Waals surface area contributed by atoms with E-state index in [9.17, 15) is 0 Å². The molecule has 0 saturated heterocycles. The number of unbranched alkanes of at least 4 members (excludes halogenated alkanes) is 1. The van der Waals surface area contributed by atoms with Gasteiger partial charge in [0, 0.05) is 6.42 Å². The fourth-order valence-electron chi connectivity index (χ4n) is 1.71. The second-order valence-corrected chi connectivity index (χ2v) is 3.67. The second-order valence-electron chi connectivity index (χ2n) is 3.67. The Bertz CT molecular complexity index is 177. The Kier molecular flexibility index (Phi) is 4.26. The van der Waals surface area contributed by atoms with Crippen LogP contribution in [0.5, 0.6) is 0 Å². The molecule has 0 fully saturated rings. The van der Waals surface area contributed by atoms with E-state index in [2.05, 4.69) is 25.8 Å². The van der Waals surface area contributed by atoms with Crippen LogP contribution in [0, 0.1) is 0 Å². The molecular formula is C11H21NO. The van der Waals surface area contributed by atoms with E-state index in [4.69, 9.17) is 4.74 Å². The summed E-state index contributed by atoms with van der Waals surface area (Å²) in [6, 6.07) is 0.428. The van der Waals surface area contributed by atoms with E-state index in [-0.39, 0.29) is 0 Å². The standard InChI is InChI=1S/C11H21NO/c1-4-7-8-11-12-9(5-2)10(6-3)13-11/h9-10H,4-8H2,1-3H3. The van der Waals surface area contributed by atoms with Crippen molar-refractivity contribution in [2.75, 3.05) is 0 Å². The SMILES string of the molecule is CCCCC1=NC(CC)C(CC)O1. The van der Waals surface area contributed by atoms with Crippen molar-refractivity contribution in [3.63, 3.8) is 0 Å². The molecule has 1 rings (SSSR count). The molecule has 2 heteroatoms. The Balaban J connectivity index is 2.41. The maximum absolute atomic E-state index is 5.77. The summed E-state index contributed by atoms with van der Waals surface area (Å²) in [5.41, 5.74) is 0. The van der Waals surface area contributed by atoms with E-state index >= 15 is 0 Å². The molecule has 0 bridgehead atoms. The summed E-state index contributed by atoms with van der Waals surface area (Å²) in [4.78, 5) is 4.59. The smallest absolute Gasteiger partial charge is 0.184 e. The van der Waals surface area contributed by atoms with Crippen molar-refractivity contribution in [2.45, 2.75) is 65.0 Å². The van der Waals surface area contributed by atoms with Gasteiger partial charge in [0.1, 0.15) is 6.10 Å². The molecule has 76 valence electrons. The Morgan fingerprint density at radius 1 is 1.23 bits per heavy atom. The first kappa shape index (κ1) is 10.6. The van der Waals surface area contributed by atoms with Gasteiger partial charge in [0.2, 0.25) is 0 Å². The van der Waals surface area contributed by atoms with Crippen molar-refractivity contribution >= 4 is 5.90 Å². The number of hydrogen-bond donors (Lipinski definition) is 0. The van der Waals surface area contributed by atoms with Crippen LogP contribution in [0.2, 0.25) is 0 Å². The predicted molar refractivity (Wildman–Crippen MR) is 56.2 cm³/mol. The highest BCUT2D eigenvalue weighted by atomic mass is 16.5. The summed E-state index contributed by atoms with van der Waals surface area (Å²) in [6.45, 7) is 6.55. The van der Waals surface area contributed by atoms with E-state index < -0.39 is 0 Å². The van der Waals surface area contributed by atoms with Crippen molar-refractivity contribution < 1.29 is 4.74 Å². The number of hydrogen-bond acceptors (Lipinski definition) is 2. The van der Waals surface area contributed by atoms with Crippen LogP contribution in [0.15, 0.2) is 4.99 Å². The third-order valence-electron chi connectivity index (χ3n) is 2.59. The van der Waals surface area contributed by atoms with Gasteiger partial charge in [-0.25, -0.2) is 4.99 Å². The third kappa shape index (κ3) is 2.71. The van der Waals surface area contributed by atoms with Crippen molar-refractivity contribution in [1.29, 1.82) is 0 Å². The summed E-state index contributed by atoms with van der Waals surface area (Å²) >= 11 is 0. The average molecular weight is 183 g/mol. The van der Waals surface area contributed by atoms with E-state index in [0.29, 0.717) is 12.1 Å². The molecule has 0 N–H and O–H groups in total. The summed E-state index contributed by atoms with van der Waals surface area (Å²) in [5.74, 6) is 1.00. The molecule has 0 amide bonds.